The summed E-state index contributed by atoms with van der Waals surface area (Å²) in [6, 6.07) is 0.404. The molecule has 0 spiro atoms. The van der Waals surface area contributed by atoms with E-state index in [4.69, 9.17) is 0 Å². The Morgan fingerprint density at radius 3 is 2.52 bits per heavy atom. The van der Waals surface area contributed by atoms with Gasteiger partial charge in [-0.1, -0.05) is 20.3 Å². The first kappa shape index (κ1) is 17.5. The molecule has 1 aliphatic rings. The molecule has 2 atom stereocenters. The zero-order chi connectivity index (χ0) is 15.3. The molecular formula is C17H29BrN2S. The lowest BCUT2D eigenvalue weighted by Crippen LogP contribution is -2.56. The molecule has 1 N–H and O–H groups in total. The molecule has 1 aliphatic heterocycles. The van der Waals surface area contributed by atoms with Crippen LogP contribution in [0, 0.1) is 0 Å². The molecule has 2 nitrogen and oxygen atoms in total. The molecular weight excluding hydrogens is 344 g/mol. The minimum absolute atomic E-state index is 0.194. The van der Waals surface area contributed by atoms with E-state index in [2.05, 4.69) is 57.7 Å². The van der Waals surface area contributed by atoms with Crippen LogP contribution in [-0.2, 0) is 0 Å². The van der Waals surface area contributed by atoms with Gasteiger partial charge >= 0.3 is 0 Å². The molecule has 1 aromatic heterocycles. The van der Waals surface area contributed by atoms with Gasteiger partial charge in [-0.15, -0.1) is 0 Å². The average Bonchev–Trinajstić information content (AvgIpc) is 2.94. The molecule has 2 unspecified atom stereocenters. The van der Waals surface area contributed by atoms with Crippen molar-refractivity contribution >= 4 is 27.3 Å². The van der Waals surface area contributed by atoms with Gasteiger partial charge in [-0.2, -0.15) is 11.3 Å². The summed E-state index contributed by atoms with van der Waals surface area (Å²) in [5.74, 6) is 0. The summed E-state index contributed by atoms with van der Waals surface area (Å²) in [6.07, 6.45) is 6.45. The number of hydrogen-bond donors (Lipinski definition) is 1. The zero-order valence-corrected chi connectivity index (χ0v) is 16.0. The van der Waals surface area contributed by atoms with E-state index in [0.717, 1.165) is 6.54 Å². The highest BCUT2D eigenvalue weighted by Crippen LogP contribution is 2.40. The number of nitrogens with zero attached hydrogens (tertiary/aromatic N) is 1. The molecule has 4 heteroatoms. The van der Waals surface area contributed by atoms with E-state index in [1.165, 1.54) is 55.2 Å². The number of nitrogens with one attached hydrogen (secondary N) is 1. The smallest absolute Gasteiger partial charge is 0.0523 e. The van der Waals surface area contributed by atoms with E-state index < -0.39 is 0 Å². The molecule has 0 saturated carbocycles. The van der Waals surface area contributed by atoms with Gasteiger partial charge in [-0.05, 0) is 79.1 Å². The monoisotopic (exact) mass is 372 g/mol. The van der Waals surface area contributed by atoms with Crippen molar-refractivity contribution in [2.45, 2.75) is 64.5 Å². The Morgan fingerprint density at radius 1 is 1.29 bits per heavy atom. The fourth-order valence-corrected chi connectivity index (χ4v) is 5.02. The quantitative estimate of drug-likeness (QED) is 0.706. The Morgan fingerprint density at radius 2 is 2.00 bits per heavy atom. The summed E-state index contributed by atoms with van der Waals surface area (Å²) < 4.78 is 1.26. The predicted molar refractivity (Wildman–Crippen MR) is 97.2 cm³/mol. The van der Waals surface area contributed by atoms with Gasteiger partial charge in [0.05, 0.1) is 6.04 Å². The van der Waals surface area contributed by atoms with Crippen molar-refractivity contribution in [3.63, 3.8) is 0 Å². The molecule has 21 heavy (non-hydrogen) atoms. The van der Waals surface area contributed by atoms with E-state index in [0.29, 0.717) is 6.04 Å². The van der Waals surface area contributed by atoms with E-state index in [1.807, 2.05) is 0 Å². The first-order valence-corrected chi connectivity index (χ1v) is 10.1. The van der Waals surface area contributed by atoms with E-state index >= 15 is 0 Å². The van der Waals surface area contributed by atoms with Gasteiger partial charge in [-0.25, -0.2) is 0 Å². The highest BCUT2D eigenvalue weighted by atomic mass is 79.9. The van der Waals surface area contributed by atoms with Crippen LogP contribution in [0.25, 0.3) is 0 Å². The van der Waals surface area contributed by atoms with Gasteiger partial charge in [0.25, 0.3) is 0 Å². The first-order valence-electron chi connectivity index (χ1n) is 8.33. The topological polar surface area (TPSA) is 15.3 Å². The maximum absolute atomic E-state index is 3.84. The SMILES string of the molecule is CCCNC(c1cscc1Br)C(C)(CC)N1CCCCC1. The number of rotatable bonds is 7. The van der Waals surface area contributed by atoms with Crippen molar-refractivity contribution < 1.29 is 0 Å². The Balaban J connectivity index is 2.29. The Labute approximate surface area is 142 Å². The third-order valence-electron chi connectivity index (χ3n) is 4.97. The lowest BCUT2D eigenvalue weighted by Gasteiger charge is -2.48. The number of hydrogen-bond acceptors (Lipinski definition) is 3. The van der Waals surface area contributed by atoms with Crippen LogP contribution in [0.15, 0.2) is 15.2 Å². The second-order valence-corrected chi connectivity index (χ2v) is 7.92. The van der Waals surface area contributed by atoms with E-state index in [-0.39, 0.29) is 5.54 Å². The molecule has 0 aromatic carbocycles. The average molecular weight is 373 g/mol. The Kier molecular flexibility index (Phi) is 6.73. The predicted octanol–water partition coefficient (Wildman–Crippen LogP) is 5.21. The molecule has 2 rings (SSSR count). The third-order valence-corrected chi connectivity index (χ3v) is 6.72. The Hall–Kier alpha value is 0.1000. The summed E-state index contributed by atoms with van der Waals surface area (Å²) in [7, 11) is 0. The molecule has 1 saturated heterocycles. The molecule has 0 bridgehead atoms. The second kappa shape index (κ2) is 8.09. The standard InChI is InChI=1S/C17H29BrN2S/c1-4-9-19-16(14-12-21-13-15(14)18)17(3,5-2)20-10-7-6-8-11-20/h12-13,16,19H,4-11H2,1-3H3. The molecule has 120 valence electrons. The highest BCUT2D eigenvalue weighted by molar-refractivity contribution is 9.10. The van der Waals surface area contributed by atoms with Gasteiger partial charge in [0.15, 0.2) is 0 Å². The molecule has 0 radical (unpaired) electrons. The highest BCUT2D eigenvalue weighted by Gasteiger charge is 2.40. The first-order chi connectivity index (χ1) is 10.1. The largest absolute Gasteiger partial charge is 0.308 e. The maximum Gasteiger partial charge on any atom is 0.0523 e. The fourth-order valence-electron chi connectivity index (χ4n) is 3.47. The third kappa shape index (κ3) is 3.90. The normalized spacial score (nSPS) is 21.1. The van der Waals surface area contributed by atoms with Gasteiger partial charge in [-0.3, -0.25) is 4.90 Å². The minimum Gasteiger partial charge on any atom is -0.308 e. The van der Waals surface area contributed by atoms with Crippen LogP contribution in [0.4, 0.5) is 0 Å². The van der Waals surface area contributed by atoms with Crippen LogP contribution >= 0.6 is 27.3 Å². The lowest BCUT2D eigenvalue weighted by molar-refractivity contribution is 0.0423. The molecule has 0 aliphatic carbocycles. The molecule has 1 fully saturated rings. The lowest BCUT2D eigenvalue weighted by atomic mass is 9.82. The minimum atomic E-state index is 0.194. The number of likely N-dealkylation sites (tertiary alicyclic amines) is 1. The van der Waals surface area contributed by atoms with Gasteiger partial charge in [0.1, 0.15) is 0 Å². The van der Waals surface area contributed by atoms with Crippen molar-refractivity contribution in [1.82, 2.24) is 10.2 Å². The number of thiophene rings is 1. The van der Waals surface area contributed by atoms with Crippen LogP contribution in [0.1, 0.15) is 64.5 Å². The summed E-state index contributed by atoms with van der Waals surface area (Å²) in [4.78, 5) is 2.73. The summed E-state index contributed by atoms with van der Waals surface area (Å²) in [6.45, 7) is 10.6. The van der Waals surface area contributed by atoms with Crippen molar-refractivity contribution in [2.24, 2.45) is 0 Å². The maximum atomic E-state index is 3.84. The van der Waals surface area contributed by atoms with Crippen molar-refractivity contribution in [2.75, 3.05) is 19.6 Å². The van der Waals surface area contributed by atoms with Crippen molar-refractivity contribution in [3.8, 4) is 0 Å². The van der Waals surface area contributed by atoms with E-state index in [1.54, 1.807) is 11.3 Å². The van der Waals surface area contributed by atoms with Gasteiger partial charge in [0.2, 0.25) is 0 Å². The Bertz CT molecular complexity index is 428. The van der Waals surface area contributed by atoms with Crippen LogP contribution in [0.2, 0.25) is 0 Å². The zero-order valence-electron chi connectivity index (χ0n) is 13.6. The second-order valence-electron chi connectivity index (χ2n) is 6.32. The fraction of sp³-hybridized carbons (Fsp3) is 0.765. The van der Waals surface area contributed by atoms with Crippen molar-refractivity contribution in [3.05, 3.63) is 20.8 Å². The summed E-state index contributed by atoms with van der Waals surface area (Å²) in [5.41, 5.74) is 1.63. The molecule has 2 heterocycles. The summed E-state index contributed by atoms with van der Waals surface area (Å²) >= 11 is 5.55. The van der Waals surface area contributed by atoms with Gasteiger partial charge in [0, 0.05) is 15.4 Å². The van der Waals surface area contributed by atoms with Crippen LogP contribution < -0.4 is 5.32 Å². The molecule has 1 aromatic rings. The van der Waals surface area contributed by atoms with Crippen LogP contribution in [-0.4, -0.2) is 30.1 Å². The number of halogens is 1. The van der Waals surface area contributed by atoms with Gasteiger partial charge < -0.3 is 5.32 Å². The molecule has 0 amide bonds. The van der Waals surface area contributed by atoms with Crippen LogP contribution in [0.3, 0.4) is 0 Å². The van der Waals surface area contributed by atoms with Crippen LogP contribution in [0.5, 0.6) is 0 Å². The summed E-state index contributed by atoms with van der Waals surface area (Å²) in [5, 5.41) is 8.36. The van der Waals surface area contributed by atoms with E-state index in [9.17, 15) is 0 Å². The number of piperidine rings is 1. The van der Waals surface area contributed by atoms with Crippen molar-refractivity contribution in [1.29, 1.82) is 0 Å².